The van der Waals surface area contributed by atoms with E-state index in [4.69, 9.17) is 0 Å². The Morgan fingerprint density at radius 3 is 1.82 bits per heavy atom. The molecule has 34 heavy (non-hydrogen) atoms. The van der Waals surface area contributed by atoms with E-state index in [9.17, 15) is 19.5 Å². The van der Waals surface area contributed by atoms with Crippen LogP contribution in [0.3, 0.4) is 0 Å². The van der Waals surface area contributed by atoms with Crippen LogP contribution in [0, 0.1) is 5.92 Å². The molecule has 2 amide bonds. The fraction of sp³-hybridized carbons (Fsp3) is 0.444. The summed E-state index contributed by atoms with van der Waals surface area (Å²) < 4.78 is 1.47. The first-order valence-electron chi connectivity index (χ1n) is 12.0. The van der Waals surface area contributed by atoms with Gasteiger partial charge in [0.25, 0.3) is 0 Å². The molecule has 2 aromatic carbocycles. The van der Waals surface area contributed by atoms with Crippen LogP contribution < -0.4 is 14.2 Å². The minimum absolute atomic E-state index is 0.147. The van der Waals surface area contributed by atoms with Crippen LogP contribution >= 0.6 is 0 Å². The molecular weight excluding hydrogens is 535 g/mol. The number of carbonyl (C=O) groups excluding carboxylic acids is 2. The normalized spacial score (nSPS) is 13.3. The van der Waals surface area contributed by atoms with Crippen LogP contribution in [0.4, 0.5) is 0 Å². The number of nitrogens with one attached hydrogen (secondary N) is 2. The average molecular weight is 573 g/mol. The Bertz CT molecular complexity index is 979. The standard InChI is InChI=1S/C24H29N2O4.3CH3.Sn/c1-4-8-20(24(29)30)25-23(28)21(15-16(2)3)26-22(27)19-13-11-18(12-14-19)17-9-6-5-7-10-17;;;;/h6-7,9-14,16,20-21H,4,8,15H2,1-3H3,(H,25,28)(H,26,27)(H,29,30);3*1H3;/t20-,21-;;;;/m0..../s1. The zero-order valence-electron chi connectivity index (χ0n) is 21.1. The summed E-state index contributed by atoms with van der Waals surface area (Å²) in [7, 11) is 0. The summed E-state index contributed by atoms with van der Waals surface area (Å²) in [5.41, 5.74) is 2.57. The van der Waals surface area contributed by atoms with Crippen molar-refractivity contribution >= 4 is 39.7 Å². The summed E-state index contributed by atoms with van der Waals surface area (Å²) >= 11 is -2.10. The van der Waals surface area contributed by atoms with Crippen molar-refractivity contribution in [3.63, 3.8) is 0 Å². The van der Waals surface area contributed by atoms with Crippen LogP contribution in [-0.2, 0) is 9.59 Å². The Morgan fingerprint density at radius 2 is 1.38 bits per heavy atom. The Labute approximate surface area is 207 Å². The number of rotatable bonds is 11. The molecule has 0 aromatic heterocycles. The van der Waals surface area contributed by atoms with E-state index in [1.807, 2.05) is 32.9 Å². The molecule has 184 valence electrons. The maximum absolute atomic E-state index is 12.9. The monoisotopic (exact) mass is 574 g/mol. The van der Waals surface area contributed by atoms with Gasteiger partial charge in [-0.1, -0.05) is 27.2 Å². The van der Waals surface area contributed by atoms with E-state index in [0.29, 0.717) is 24.8 Å². The first-order chi connectivity index (χ1) is 15.9. The van der Waals surface area contributed by atoms with Crippen molar-refractivity contribution in [3.05, 3.63) is 54.1 Å². The number of carbonyl (C=O) groups is 3. The second-order valence-electron chi connectivity index (χ2n) is 10.2. The number of amides is 2. The van der Waals surface area contributed by atoms with Crippen LogP contribution in [0.25, 0.3) is 11.1 Å². The SMILES string of the molecule is CCC[C@H](NC(=O)[C@H](CC(C)C)NC(=O)c1ccc(-c2cc[c]([Sn]([CH3])([CH3])[CH3])cc2)cc1)C(=O)O. The fourth-order valence-corrected chi connectivity index (χ4v) is 7.07. The molecule has 2 rings (SSSR count). The molecule has 2 atom stereocenters. The van der Waals surface area contributed by atoms with Gasteiger partial charge in [0.1, 0.15) is 6.04 Å². The van der Waals surface area contributed by atoms with Gasteiger partial charge in [0.15, 0.2) is 0 Å². The second kappa shape index (κ2) is 12.4. The second-order valence-corrected chi connectivity index (χ2v) is 24.7. The van der Waals surface area contributed by atoms with E-state index >= 15 is 0 Å². The Morgan fingerprint density at radius 1 is 0.853 bits per heavy atom. The molecule has 3 N–H and O–H groups in total. The summed E-state index contributed by atoms with van der Waals surface area (Å²) in [5, 5.41) is 14.7. The summed E-state index contributed by atoms with van der Waals surface area (Å²) in [6.45, 7) is 5.77. The maximum atomic E-state index is 12.9. The largest absolute Gasteiger partial charge is 0.480 e. The molecule has 2 aromatic rings. The van der Waals surface area contributed by atoms with Crippen molar-refractivity contribution in [2.24, 2.45) is 5.92 Å². The van der Waals surface area contributed by atoms with E-state index in [1.165, 1.54) is 3.58 Å². The van der Waals surface area contributed by atoms with E-state index in [2.05, 4.69) is 49.7 Å². The van der Waals surface area contributed by atoms with Gasteiger partial charge < -0.3 is 10.4 Å². The third-order valence-corrected chi connectivity index (χ3v) is 11.6. The number of carboxylic acids is 1. The van der Waals surface area contributed by atoms with Gasteiger partial charge in [-0.05, 0) is 12.3 Å². The van der Waals surface area contributed by atoms with Crippen molar-refractivity contribution < 1.29 is 19.5 Å². The topological polar surface area (TPSA) is 95.5 Å². The Hall–Kier alpha value is -2.35. The number of carboxylic acid groups (broad SMARTS) is 1. The predicted octanol–water partition coefficient (Wildman–Crippen LogP) is 4.41. The molecule has 0 aliphatic rings. The Balaban J connectivity index is 2.13. The third-order valence-electron chi connectivity index (χ3n) is 5.75. The molecule has 0 heterocycles. The number of aliphatic carboxylic acids is 1. The first kappa shape index (κ1) is 27.9. The summed E-state index contributed by atoms with van der Waals surface area (Å²) in [5.74, 6) is -1.75. The molecule has 0 fully saturated rings. The summed E-state index contributed by atoms with van der Waals surface area (Å²) in [4.78, 5) is 44.3. The molecule has 0 unspecified atom stereocenters. The minimum atomic E-state index is -2.10. The van der Waals surface area contributed by atoms with Crippen molar-refractivity contribution in [1.29, 1.82) is 0 Å². The number of hydrogen-bond donors (Lipinski definition) is 3. The zero-order chi connectivity index (χ0) is 25.5. The van der Waals surface area contributed by atoms with E-state index < -0.39 is 42.3 Å². The van der Waals surface area contributed by atoms with E-state index in [0.717, 1.165) is 11.1 Å². The average Bonchev–Trinajstić information content (AvgIpc) is 2.77. The van der Waals surface area contributed by atoms with Gasteiger partial charge in [-0.15, -0.1) is 0 Å². The van der Waals surface area contributed by atoms with Crippen LogP contribution in [0.2, 0.25) is 14.8 Å². The molecular formula is C27H38N2O4Sn. The molecule has 7 heteroatoms. The molecule has 6 nitrogen and oxygen atoms in total. The van der Waals surface area contributed by atoms with Crippen LogP contribution in [0.5, 0.6) is 0 Å². The van der Waals surface area contributed by atoms with Crippen LogP contribution in [0.15, 0.2) is 48.5 Å². The summed E-state index contributed by atoms with van der Waals surface area (Å²) in [6, 6.07) is 14.2. The molecule has 0 saturated carbocycles. The molecule has 0 aliphatic carbocycles. The van der Waals surface area contributed by atoms with Crippen molar-refractivity contribution in [3.8, 4) is 11.1 Å². The van der Waals surface area contributed by atoms with Gasteiger partial charge in [-0.3, -0.25) is 4.79 Å². The van der Waals surface area contributed by atoms with Gasteiger partial charge in [0.2, 0.25) is 0 Å². The predicted molar refractivity (Wildman–Crippen MR) is 140 cm³/mol. The minimum Gasteiger partial charge on any atom is -0.480 e. The van der Waals surface area contributed by atoms with Gasteiger partial charge in [0, 0.05) is 0 Å². The fourth-order valence-electron chi connectivity index (χ4n) is 3.74. The third kappa shape index (κ3) is 8.15. The van der Waals surface area contributed by atoms with Gasteiger partial charge >= 0.3 is 142 Å². The van der Waals surface area contributed by atoms with Gasteiger partial charge in [-0.2, -0.15) is 0 Å². The van der Waals surface area contributed by atoms with Crippen molar-refractivity contribution in [2.75, 3.05) is 0 Å². The molecule has 0 radical (unpaired) electrons. The Kier molecular flexibility index (Phi) is 10.2. The first-order valence-corrected chi connectivity index (χ1v) is 22.0. The quantitative estimate of drug-likeness (QED) is 0.347. The number of hydrogen-bond acceptors (Lipinski definition) is 3. The van der Waals surface area contributed by atoms with Crippen LogP contribution in [-0.4, -0.2) is 53.4 Å². The molecule has 0 aliphatic heterocycles. The van der Waals surface area contributed by atoms with E-state index in [1.54, 1.807) is 12.1 Å². The number of benzene rings is 2. The summed E-state index contributed by atoms with van der Waals surface area (Å²) in [6.07, 6.45) is 1.39. The maximum Gasteiger partial charge on any atom is 0.326 e. The smallest absolute Gasteiger partial charge is 0.326 e. The molecule has 0 saturated heterocycles. The van der Waals surface area contributed by atoms with Gasteiger partial charge in [-0.25, -0.2) is 4.79 Å². The van der Waals surface area contributed by atoms with Crippen molar-refractivity contribution in [2.45, 2.75) is 66.9 Å². The zero-order valence-corrected chi connectivity index (χ0v) is 24.0. The van der Waals surface area contributed by atoms with Crippen LogP contribution in [0.1, 0.15) is 50.4 Å². The van der Waals surface area contributed by atoms with E-state index in [-0.39, 0.29) is 11.8 Å². The van der Waals surface area contributed by atoms with Crippen molar-refractivity contribution in [1.82, 2.24) is 10.6 Å². The molecule has 0 bridgehead atoms. The van der Waals surface area contributed by atoms with Gasteiger partial charge in [0.05, 0.1) is 0 Å². The molecule has 0 spiro atoms.